The number of thiophene rings is 1. The molecule has 30 heavy (non-hydrogen) atoms. The van der Waals surface area contributed by atoms with Gasteiger partial charge in [0, 0.05) is 23.4 Å². The number of rotatable bonds is 10. The molecule has 0 bridgehead atoms. The van der Waals surface area contributed by atoms with E-state index in [4.69, 9.17) is 12.2 Å². The summed E-state index contributed by atoms with van der Waals surface area (Å²) in [5.41, 5.74) is 2.00. The van der Waals surface area contributed by atoms with E-state index in [1.54, 1.807) is 0 Å². The van der Waals surface area contributed by atoms with Crippen LogP contribution in [0.2, 0.25) is 0 Å². The van der Waals surface area contributed by atoms with Crippen LogP contribution in [0.15, 0.2) is 41.8 Å². The number of benzene rings is 1. The van der Waals surface area contributed by atoms with Crippen LogP contribution in [0.5, 0.6) is 0 Å². The summed E-state index contributed by atoms with van der Waals surface area (Å²) in [6, 6.07) is 12.9. The maximum Gasteiger partial charge on any atom is 0.113 e. The smallest absolute Gasteiger partial charge is 0.113 e. The summed E-state index contributed by atoms with van der Waals surface area (Å²) in [7, 11) is 0. The molecule has 1 aromatic carbocycles. The number of anilines is 1. The third-order valence-corrected chi connectivity index (χ3v) is 8.49. The predicted molar refractivity (Wildman–Crippen MR) is 137 cm³/mol. The van der Waals surface area contributed by atoms with Crippen molar-refractivity contribution in [3.63, 3.8) is 0 Å². The Morgan fingerprint density at radius 1 is 1.23 bits per heavy atom. The van der Waals surface area contributed by atoms with E-state index in [-0.39, 0.29) is 16.3 Å². The molecule has 6 heteroatoms. The molecule has 0 aliphatic carbocycles. The third kappa shape index (κ3) is 5.52. The first kappa shape index (κ1) is 23.9. The van der Waals surface area contributed by atoms with Crippen molar-refractivity contribution >= 4 is 50.2 Å². The number of thiocarbonyl (C=S) groups is 1. The molecule has 0 radical (unpaired) electrons. The Morgan fingerprint density at radius 2 is 1.97 bits per heavy atom. The van der Waals surface area contributed by atoms with E-state index in [9.17, 15) is 5.11 Å². The molecule has 1 aliphatic heterocycles. The van der Waals surface area contributed by atoms with Gasteiger partial charge in [0.2, 0.25) is 0 Å². The topological polar surface area (TPSA) is 26.7 Å². The van der Waals surface area contributed by atoms with E-state index < -0.39 is 0 Å². The number of alkyl halides is 1. The zero-order valence-corrected chi connectivity index (χ0v) is 21.4. The van der Waals surface area contributed by atoms with Gasteiger partial charge >= 0.3 is 0 Å². The second-order valence-corrected chi connectivity index (χ2v) is 11.2. The molecule has 0 amide bonds. The van der Waals surface area contributed by atoms with Crippen LogP contribution in [0.4, 0.5) is 5.69 Å². The molecule has 1 saturated heterocycles. The van der Waals surface area contributed by atoms with Crippen molar-refractivity contribution in [2.45, 2.75) is 69.2 Å². The van der Waals surface area contributed by atoms with Gasteiger partial charge in [0.05, 0.1) is 16.6 Å². The van der Waals surface area contributed by atoms with Gasteiger partial charge in [-0.15, -0.1) is 11.3 Å². The first-order chi connectivity index (χ1) is 14.3. The van der Waals surface area contributed by atoms with Gasteiger partial charge in [0.1, 0.15) is 4.99 Å². The lowest BCUT2D eigenvalue weighted by molar-refractivity contribution is 0.0890. The number of hydrogen-bond acceptors (Lipinski definition) is 4. The summed E-state index contributed by atoms with van der Waals surface area (Å²) >= 11 is 11.3. The van der Waals surface area contributed by atoms with Crippen LogP contribution in [-0.2, 0) is 11.8 Å². The minimum Gasteiger partial charge on any atom is -0.392 e. The Hall–Kier alpha value is -0.790. The standard InChI is InChI=1S/C24H33BrN2OS2/c1-4-5-10-22(28)24(2,3)18-11-13-19(14-12-18)27-23(29)21(25)17-26(27)15-6-8-20-9-7-16-30-20/h7,9,11-14,16,21-22,28H,4-6,8,10,15,17H2,1-3H3. The first-order valence-corrected chi connectivity index (χ1v) is 13.1. The lowest BCUT2D eigenvalue weighted by atomic mass is 9.77. The summed E-state index contributed by atoms with van der Waals surface area (Å²) in [4.78, 5) is 2.55. The van der Waals surface area contributed by atoms with Crippen LogP contribution >= 0.6 is 39.5 Å². The third-order valence-electron chi connectivity index (χ3n) is 6.07. The quantitative estimate of drug-likeness (QED) is 0.299. The van der Waals surface area contributed by atoms with Gasteiger partial charge in [-0.3, -0.25) is 5.01 Å². The van der Waals surface area contributed by atoms with E-state index >= 15 is 0 Å². The van der Waals surface area contributed by atoms with Gasteiger partial charge in [-0.25, -0.2) is 5.01 Å². The van der Waals surface area contributed by atoms with Crippen molar-refractivity contribution in [1.82, 2.24) is 5.01 Å². The zero-order chi connectivity index (χ0) is 21.7. The number of hydrazine groups is 1. The van der Waals surface area contributed by atoms with Gasteiger partial charge in [0.15, 0.2) is 0 Å². The maximum absolute atomic E-state index is 10.7. The lowest BCUT2D eigenvalue weighted by Crippen LogP contribution is -2.39. The normalized spacial score (nSPS) is 18.9. The SMILES string of the molecule is CCCCC(O)C(C)(C)c1ccc(N2C(=S)C(Br)CN2CCCc2cccs2)cc1. The van der Waals surface area contributed by atoms with Gasteiger partial charge in [0.25, 0.3) is 0 Å². The lowest BCUT2D eigenvalue weighted by Gasteiger charge is -2.33. The van der Waals surface area contributed by atoms with E-state index in [0.29, 0.717) is 0 Å². The highest BCUT2D eigenvalue weighted by atomic mass is 79.9. The highest BCUT2D eigenvalue weighted by molar-refractivity contribution is 9.10. The molecular formula is C24H33BrN2OS2. The minimum absolute atomic E-state index is 0.196. The number of halogens is 1. The second-order valence-electron chi connectivity index (χ2n) is 8.64. The van der Waals surface area contributed by atoms with Crippen molar-refractivity contribution in [3.05, 3.63) is 52.2 Å². The number of aliphatic hydroxyl groups is 1. The summed E-state index contributed by atoms with van der Waals surface area (Å²) in [6.07, 6.45) is 4.87. The Kier molecular flexibility index (Phi) is 8.50. The second kappa shape index (κ2) is 10.7. The van der Waals surface area contributed by atoms with Crippen molar-refractivity contribution in [2.75, 3.05) is 18.1 Å². The van der Waals surface area contributed by atoms with E-state index in [0.717, 1.165) is 55.9 Å². The molecule has 2 atom stereocenters. The summed E-state index contributed by atoms with van der Waals surface area (Å²) < 4.78 is 0. The first-order valence-electron chi connectivity index (χ1n) is 10.9. The minimum atomic E-state index is -0.336. The summed E-state index contributed by atoms with van der Waals surface area (Å²) in [5, 5.41) is 17.4. The highest BCUT2D eigenvalue weighted by Crippen LogP contribution is 2.33. The van der Waals surface area contributed by atoms with Crippen LogP contribution in [0, 0.1) is 0 Å². The van der Waals surface area contributed by atoms with Crippen LogP contribution in [-0.4, -0.2) is 39.1 Å². The molecule has 0 spiro atoms. The number of hydrogen-bond donors (Lipinski definition) is 1. The molecule has 0 saturated carbocycles. The Labute approximate surface area is 199 Å². The highest BCUT2D eigenvalue weighted by Gasteiger charge is 2.35. The molecule has 1 aromatic heterocycles. The fourth-order valence-electron chi connectivity index (χ4n) is 3.97. The average molecular weight is 510 g/mol. The van der Waals surface area contributed by atoms with Gasteiger partial charge in [-0.1, -0.05) is 80.0 Å². The Bertz CT molecular complexity index is 807. The summed E-state index contributed by atoms with van der Waals surface area (Å²) in [5.74, 6) is 0. The molecular weight excluding hydrogens is 476 g/mol. The zero-order valence-electron chi connectivity index (χ0n) is 18.2. The molecule has 3 nitrogen and oxygen atoms in total. The monoisotopic (exact) mass is 508 g/mol. The Balaban J connectivity index is 1.69. The van der Waals surface area contributed by atoms with Crippen molar-refractivity contribution in [1.29, 1.82) is 0 Å². The van der Waals surface area contributed by atoms with Crippen LogP contribution in [0.25, 0.3) is 0 Å². The number of nitrogens with zero attached hydrogens (tertiary/aromatic N) is 2. The van der Waals surface area contributed by atoms with Crippen molar-refractivity contribution in [3.8, 4) is 0 Å². The number of aryl methyl sites for hydroxylation is 1. The van der Waals surface area contributed by atoms with Gasteiger partial charge in [-0.05, 0) is 48.4 Å². The van der Waals surface area contributed by atoms with E-state index in [1.165, 1.54) is 10.4 Å². The number of aliphatic hydroxyl groups excluding tert-OH is 1. The molecule has 3 rings (SSSR count). The van der Waals surface area contributed by atoms with E-state index in [2.05, 4.69) is 88.5 Å². The predicted octanol–water partition coefficient (Wildman–Crippen LogP) is 6.34. The summed E-state index contributed by atoms with van der Waals surface area (Å²) in [6.45, 7) is 8.30. The molecule has 1 fully saturated rings. The van der Waals surface area contributed by atoms with Crippen molar-refractivity contribution < 1.29 is 5.11 Å². The maximum atomic E-state index is 10.7. The van der Waals surface area contributed by atoms with Crippen LogP contribution in [0.1, 0.15) is 56.9 Å². The van der Waals surface area contributed by atoms with Gasteiger partial charge < -0.3 is 5.11 Å². The van der Waals surface area contributed by atoms with Crippen LogP contribution in [0.3, 0.4) is 0 Å². The molecule has 164 valence electrons. The molecule has 1 N–H and O–H groups in total. The fraction of sp³-hybridized carbons (Fsp3) is 0.542. The Morgan fingerprint density at radius 3 is 2.60 bits per heavy atom. The molecule has 1 aliphatic rings. The largest absolute Gasteiger partial charge is 0.392 e. The van der Waals surface area contributed by atoms with Crippen LogP contribution < -0.4 is 5.01 Å². The average Bonchev–Trinajstić information content (AvgIpc) is 3.34. The molecule has 2 heterocycles. The van der Waals surface area contributed by atoms with E-state index in [1.807, 2.05) is 11.3 Å². The van der Waals surface area contributed by atoms with Crippen molar-refractivity contribution in [2.24, 2.45) is 0 Å². The molecule has 2 aromatic rings. The molecule has 2 unspecified atom stereocenters. The fourth-order valence-corrected chi connectivity index (χ4v) is 5.55. The number of unbranched alkanes of at least 4 members (excludes halogenated alkanes) is 1. The van der Waals surface area contributed by atoms with Gasteiger partial charge in [-0.2, -0.15) is 0 Å².